The molecule has 0 bridgehead atoms. The second kappa shape index (κ2) is 15.5. The van der Waals surface area contributed by atoms with Crippen molar-refractivity contribution in [3.8, 4) is 39.1 Å². The van der Waals surface area contributed by atoms with Crippen LogP contribution in [0.4, 0.5) is 17.1 Å². The molecule has 0 spiro atoms. The van der Waals surface area contributed by atoms with E-state index in [1.807, 2.05) is 11.3 Å². The summed E-state index contributed by atoms with van der Waals surface area (Å²) in [6.07, 6.45) is 0. The average Bonchev–Trinajstić information content (AvgIpc) is 4.09. The van der Waals surface area contributed by atoms with E-state index >= 15 is 0 Å². The number of aromatic nitrogens is 1. The lowest BCUT2D eigenvalue weighted by atomic mass is 9.96. The molecular formula is C64H40N2OS. The fourth-order valence-electron chi connectivity index (χ4n) is 10.6. The molecule has 0 amide bonds. The van der Waals surface area contributed by atoms with Crippen LogP contribution in [0.25, 0.3) is 114 Å². The molecule has 0 N–H and O–H groups in total. The molecule has 0 aliphatic carbocycles. The summed E-state index contributed by atoms with van der Waals surface area (Å²) in [7, 11) is 0. The lowest BCUT2D eigenvalue weighted by molar-refractivity contribution is 0.673. The van der Waals surface area contributed by atoms with Gasteiger partial charge in [-0.05, 0) is 112 Å². The van der Waals surface area contributed by atoms with Crippen molar-refractivity contribution in [2.24, 2.45) is 0 Å². The quantitative estimate of drug-likeness (QED) is 0.159. The Morgan fingerprint density at radius 1 is 0.368 bits per heavy atom. The first-order valence-electron chi connectivity index (χ1n) is 23.2. The van der Waals surface area contributed by atoms with E-state index in [1.165, 1.54) is 58.5 Å². The molecule has 4 heteroatoms. The molecule has 3 aromatic heterocycles. The van der Waals surface area contributed by atoms with Gasteiger partial charge in [-0.25, -0.2) is 0 Å². The molecule has 3 heterocycles. The lowest BCUT2D eigenvalue weighted by Crippen LogP contribution is -2.11. The standard InChI is InChI=1S/C64H40N2OS/c1-2-16-49-43(13-1)31-38-56-63-55(21-12-25-60(63)67-64(49)56)52-19-5-7-22-57(52)65(47-35-29-42(30-36-47)45-32-37-54-53-20-6-10-26-61(53)68-62(54)40-45)46-33-27-41(28-34-46)44-14-11-15-48(39-44)66-58-23-8-3-17-50(58)51-18-4-9-24-59(51)66/h1-40H. The first-order chi connectivity index (χ1) is 33.7. The molecule has 3 nitrogen and oxygen atoms in total. The summed E-state index contributed by atoms with van der Waals surface area (Å²) in [6.45, 7) is 0. The number of fused-ring (bicyclic) bond motifs is 11. The highest BCUT2D eigenvalue weighted by Gasteiger charge is 2.22. The van der Waals surface area contributed by atoms with E-state index in [0.717, 1.165) is 72.3 Å². The van der Waals surface area contributed by atoms with Crippen LogP contribution >= 0.6 is 11.3 Å². The summed E-state index contributed by atoms with van der Waals surface area (Å²) in [4.78, 5) is 2.41. The number of para-hydroxylation sites is 3. The van der Waals surface area contributed by atoms with Crippen LogP contribution in [0.3, 0.4) is 0 Å². The zero-order valence-corrected chi connectivity index (χ0v) is 37.6. The Hall–Kier alpha value is -8.70. The summed E-state index contributed by atoms with van der Waals surface area (Å²) in [5.41, 5.74) is 15.5. The van der Waals surface area contributed by atoms with Crippen LogP contribution in [0, 0.1) is 0 Å². The molecule has 14 rings (SSSR count). The Labute approximate surface area is 396 Å². The maximum atomic E-state index is 6.71. The van der Waals surface area contributed by atoms with Gasteiger partial charge in [0.2, 0.25) is 0 Å². The van der Waals surface area contributed by atoms with Crippen molar-refractivity contribution >= 4 is 103 Å². The topological polar surface area (TPSA) is 21.3 Å². The van der Waals surface area contributed by atoms with Gasteiger partial charge in [0.05, 0.1) is 16.7 Å². The maximum absolute atomic E-state index is 6.71. The highest BCUT2D eigenvalue weighted by Crippen LogP contribution is 2.47. The van der Waals surface area contributed by atoms with Gasteiger partial charge in [0.1, 0.15) is 11.2 Å². The van der Waals surface area contributed by atoms with Gasteiger partial charge < -0.3 is 13.9 Å². The van der Waals surface area contributed by atoms with E-state index in [9.17, 15) is 0 Å². The number of rotatable bonds is 7. The molecule has 0 unspecified atom stereocenters. The molecule has 318 valence electrons. The summed E-state index contributed by atoms with van der Waals surface area (Å²) in [5, 5.41) is 9.66. The van der Waals surface area contributed by atoms with Crippen molar-refractivity contribution in [1.29, 1.82) is 0 Å². The van der Waals surface area contributed by atoms with Gasteiger partial charge in [0, 0.05) is 69.7 Å². The summed E-state index contributed by atoms with van der Waals surface area (Å²) >= 11 is 1.86. The van der Waals surface area contributed by atoms with Crippen LogP contribution in [0.15, 0.2) is 247 Å². The number of furan rings is 1. The second-order valence-corrected chi connectivity index (χ2v) is 18.7. The fourth-order valence-corrected chi connectivity index (χ4v) is 11.8. The number of hydrogen-bond acceptors (Lipinski definition) is 3. The van der Waals surface area contributed by atoms with E-state index in [4.69, 9.17) is 4.42 Å². The van der Waals surface area contributed by atoms with E-state index in [2.05, 4.69) is 252 Å². The van der Waals surface area contributed by atoms with E-state index in [-0.39, 0.29) is 0 Å². The number of benzene rings is 11. The van der Waals surface area contributed by atoms with Crippen LogP contribution in [0.2, 0.25) is 0 Å². The largest absolute Gasteiger partial charge is 0.455 e. The first kappa shape index (κ1) is 38.6. The van der Waals surface area contributed by atoms with Crippen LogP contribution in [0.1, 0.15) is 0 Å². The number of anilines is 3. The number of thiophene rings is 1. The summed E-state index contributed by atoms with van der Waals surface area (Å²) in [6, 6.07) is 88.2. The molecule has 0 atom stereocenters. The molecule has 0 radical (unpaired) electrons. The third kappa shape index (κ3) is 6.12. The van der Waals surface area contributed by atoms with Gasteiger partial charge in [0.25, 0.3) is 0 Å². The Balaban J connectivity index is 0.903. The van der Waals surface area contributed by atoms with E-state index in [1.54, 1.807) is 0 Å². The minimum atomic E-state index is 0.877. The lowest BCUT2D eigenvalue weighted by Gasteiger charge is -2.28. The number of hydrogen-bond donors (Lipinski definition) is 0. The molecule has 0 aliphatic heterocycles. The Bertz CT molecular complexity index is 4210. The van der Waals surface area contributed by atoms with Crippen LogP contribution in [-0.4, -0.2) is 4.57 Å². The van der Waals surface area contributed by atoms with E-state index < -0.39 is 0 Å². The molecular weight excluding hydrogens is 845 g/mol. The molecule has 11 aromatic carbocycles. The highest BCUT2D eigenvalue weighted by atomic mass is 32.1. The smallest absolute Gasteiger partial charge is 0.143 e. The van der Waals surface area contributed by atoms with Crippen molar-refractivity contribution in [3.05, 3.63) is 243 Å². The van der Waals surface area contributed by atoms with Crippen molar-refractivity contribution in [2.45, 2.75) is 0 Å². The highest BCUT2D eigenvalue weighted by molar-refractivity contribution is 7.25. The third-order valence-corrected chi connectivity index (χ3v) is 14.9. The monoisotopic (exact) mass is 884 g/mol. The van der Waals surface area contributed by atoms with Crippen LogP contribution < -0.4 is 4.90 Å². The van der Waals surface area contributed by atoms with Gasteiger partial charge in [-0.1, -0.05) is 164 Å². The first-order valence-corrected chi connectivity index (χ1v) is 24.0. The molecule has 68 heavy (non-hydrogen) atoms. The van der Waals surface area contributed by atoms with Crippen molar-refractivity contribution in [3.63, 3.8) is 0 Å². The van der Waals surface area contributed by atoms with Gasteiger partial charge in [-0.15, -0.1) is 11.3 Å². The van der Waals surface area contributed by atoms with Crippen molar-refractivity contribution < 1.29 is 4.42 Å². The second-order valence-electron chi connectivity index (χ2n) is 17.6. The Morgan fingerprint density at radius 3 is 1.71 bits per heavy atom. The van der Waals surface area contributed by atoms with Gasteiger partial charge in [0.15, 0.2) is 0 Å². The van der Waals surface area contributed by atoms with Crippen molar-refractivity contribution in [1.82, 2.24) is 4.57 Å². The van der Waals surface area contributed by atoms with Crippen LogP contribution in [-0.2, 0) is 0 Å². The van der Waals surface area contributed by atoms with Gasteiger partial charge in [-0.3, -0.25) is 0 Å². The zero-order chi connectivity index (χ0) is 44.7. The molecule has 0 saturated heterocycles. The average molecular weight is 885 g/mol. The summed E-state index contributed by atoms with van der Waals surface area (Å²) < 4.78 is 11.7. The van der Waals surface area contributed by atoms with Gasteiger partial charge in [-0.2, -0.15) is 0 Å². The zero-order valence-electron chi connectivity index (χ0n) is 36.8. The normalized spacial score (nSPS) is 11.8. The van der Waals surface area contributed by atoms with Crippen LogP contribution in [0.5, 0.6) is 0 Å². The SMILES string of the molecule is c1cc(-c2ccc(N(c3ccc(-c4ccc5c(c4)sc4ccccc45)cc3)c3ccccc3-c3cccc4oc5c6ccccc6ccc5c34)cc2)cc(-n2c3ccccc3c3ccccc32)c1. The van der Waals surface area contributed by atoms with Crippen molar-refractivity contribution in [2.75, 3.05) is 4.90 Å². The minimum absolute atomic E-state index is 0.877. The predicted octanol–water partition coefficient (Wildman–Crippen LogP) is 18.7. The Kier molecular flexibility index (Phi) is 8.76. The predicted molar refractivity (Wildman–Crippen MR) is 289 cm³/mol. The number of nitrogens with zero attached hydrogens (tertiary/aromatic N) is 2. The third-order valence-electron chi connectivity index (χ3n) is 13.8. The van der Waals surface area contributed by atoms with Gasteiger partial charge >= 0.3 is 0 Å². The molecule has 14 aromatic rings. The maximum Gasteiger partial charge on any atom is 0.143 e. The summed E-state index contributed by atoms with van der Waals surface area (Å²) in [5.74, 6) is 0. The molecule has 0 aliphatic rings. The fraction of sp³-hybridized carbons (Fsp3) is 0. The molecule has 0 saturated carbocycles. The Morgan fingerprint density at radius 2 is 0.941 bits per heavy atom. The van der Waals surface area contributed by atoms with E-state index in [0.29, 0.717) is 0 Å². The minimum Gasteiger partial charge on any atom is -0.455 e. The molecule has 0 fully saturated rings.